The minimum Gasteiger partial charge on any atom is -0.392 e. The van der Waals surface area contributed by atoms with Crippen molar-refractivity contribution in [2.24, 2.45) is 7.05 Å². The standard InChI is InChI=1S/C7H10N4O2/c1-3(8)5-4(9)6(12)11(2)7(13)10-5/h8H,9H2,1-2H3,(H,10,13). The van der Waals surface area contributed by atoms with Gasteiger partial charge >= 0.3 is 5.69 Å². The Hall–Kier alpha value is -1.85. The lowest BCUT2D eigenvalue weighted by molar-refractivity contribution is 0.777. The quantitative estimate of drug-likeness (QED) is 0.487. The third-order valence-electron chi connectivity index (χ3n) is 1.72. The Morgan fingerprint density at radius 3 is 2.54 bits per heavy atom. The predicted molar refractivity (Wildman–Crippen MR) is 49.2 cm³/mol. The van der Waals surface area contributed by atoms with Gasteiger partial charge in [-0.15, -0.1) is 0 Å². The molecule has 0 aliphatic heterocycles. The van der Waals surface area contributed by atoms with Gasteiger partial charge in [0.05, 0.1) is 11.4 Å². The highest BCUT2D eigenvalue weighted by molar-refractivity contribution is 5.98. The van der Waals surface area contributed by atoms with Crippen LogP contribution in [0.2, 0.25) is 0 Å². The van der Waals surface area contributed by atoms with Crippen LogP contribution < -0.4 is 17.0 Å². The van der Waals surface area contributed by atoms with Crippen LogP contribution in [0.5, 0.6) is 0 Å². The van der Waals surface area contributed by atoms with E-state index in [1.54, 1.807) is 0 Å². The van der Waals surface area contributed by atoms with Crippen LogP contribution in [-0.2, 0) is 7.05 Å². The van der Waals surface area contributed by atoms with Crippen LogP contribution in [0.15, 0.2) is 9.59 Å². The van der Waals surface area contributed by atoms with Crippen LogP contribution in [0.1, 0.15) is 12.6 Å². The second-order valence-corrected chi connectivity index (χ2v) is 2.71. The molecule has 0 aliphatic carbocycles. The van der Waals surface area contributed by atoms with Crippen molar-refractivity contribution in [2.45, 2.75) is 6.92 Å². The molecule has 0 saturated heterocycles. The number of anilines is 1. The second kappa shape index (κ2) is 2.89. The summed E-state index contributed by atoms with van der Waals surface area (Å²) in [5.41, 5.74) is 4.31. The number of nitrogens with zero attached hydrogens (tertiary/aromatic N) is 1. The molecule has 6 heteroatoms. The van der Waals surface area contributed by atoms with Crippen LogP contribution in [0.4, 0.5) is 5.69 Å². The van der Waals surface area contributed by atoms with Crippen molar-refractivity contribution in [3.05, 3.63) is 26.5 Å². The van der Waals surface area contributed by atoms with Gasteiger partial charge in [-0.3, -0.25) is 9.36 Å². The van der Waals surface area contributed by atoms with E-state index < -0.39 is 11.2 Å². The lowest BCUT2D eigenvalue weighted by Gasteiger charge is -2.03. The zero-order valence-electron chi connectivity index (χ0n) is 7.34. The smallest absolute Gasteiger partial charge is 0.328 e. The van der Waals surface area contributed by atoms with Crippen molar-refractivity contribution in [1.82, 2.24) is 9.55 Å². The van der Waals surface area contributed by atoms with Crippen molar-refractivity contribution in [2.75, 3.05) is 5.73 Å². The number of nitrogens with two attached hydrogens (primary N) is 1. The van der Waals surface area contributed by atoms with Gasteiger partial charge in [0, 0.05) is 7.05 Å². The summed E-state index contributed by atoms with van der Waals surface area (Å²) in [4.78, 5) is 24.7. The highest BCUT2D eigenvalue weighted by atomic mass is 16.2. The summed E-state index contributed by atoms with van der Waals surface area (Å²) in [5.74, 6) is 0. The van der Waals surface area contributed by atoms with E-state index >= 15 is 0 Å². The third kappa shape index (κ3) is 1.37. The van der Waals surface area contributed by atoms with Gasteiger partial charge < -0.3 is 16.1 Å². The molecule has 0 amide bonds. The van der Waals surface area contributed by atoms with E-state index in [9.17, 15) is 9.59 Å². The molecule has 0 fully saturated rings. The molecule has 0 saturated carbocycles. The zero-order chi connectivity index (χ0) is 10.2. The fourth-order valence-electron chi connectivity index (χ4n) is 0.934. The molecule has 6 nitrogen and oxygen atoms in total. The summed E-state index contributed by atoms with van der Waals surface area (Å²) in [6.07, 6.45) is 0. The second-order valence-electron chi connectivity index (χ2n) is 2.71. The van der Waals surface area contributed by atoms with Crippen molar-refractivity contribution in [1.29, 1.82) is 5.41 Å². The summed E-state index contributed by atoms with van der Waals surface area (Å²) in [5, 5.41) is 7.24. The van der Waals surface area contributed by atoms with Gasteiger partial charge in [-0.2, -0.15) is 0 Å². The summed E-state index contributed by atoms with van der Waals surface area (Å²) < 4.78 is 0.863. The van der Waals surface area contributed by atoms with Gasteiger partial charge in [0.2, 0.25) is 0 Å². The van der Waals surface area contributed by atoms with Crippen LogP contribution in [0.3, 0.4) is 0 Å². The molecule has 1 heterocycles. The molecule has 4 N–H and O–H groups in total. The van der Waals surface area contributed by atoms with E-state index in [0.717, 1.165) is 4.57 Å². The first-order valence-electron chi connectivity index (χ1n) is 3.59. The average Bonchev–Trinajstić information content (AvgIpc) is 2.07. The van der Waals surface area contributed by atoms with E-state index in [1.807, 2.05) is 0 Å². The van der Waals surface area contributed by atoms with E-state index in [-0.39, 0.29) is 17.1 Å². The number of H-pyrrole nitrogens is 1. The van der Waals surface area contributed by atoms with Crippen molar-refractivity contribution in [3.8, 4) is 0 Å². The van der Waals surface area contributed by atoms with Gasteiger partial charge in [0.1, 0.15) is 5.69 Å². The van der Waals surface area contributed by atoms with Crippen LogP contribution in [-0.4, -0.2) is 15.3 Å². The summed E-state index contributed by atoms with van der Waals surface area (Å²) in [6, 6.07) is 0. The minimum absolute atomic E-state index is 0.0623. The monoisotopic (exact) mass is 182 g/mol. The molecule has 1 aromatic rings. The Kier molecular flexibility index (Phi) is 2.05. The first-order chi connectivity index (χ1) is 5.95. The van der Waals surface area contributed by atoms with Crippen LogP contribution in [0, 0.1) is 5.41 Å². The van der Waals surface area contributed by atoms with Gasteiger partial charge in [-0.05, 0) is 6.92 Å². The zero-order valence-corrected chi connectivity index (χ0v) is 7.34. The molecule has 1 aromatic heterocycles. The number of rotatable bonds is 1. The molecule has 70 valence electrons. The number of aromatic nitrogens is 2. The predicted octanol–water partition coefficient (Wildman–Crippen LogP) is -0.956. The Labute approximate surface area is 73.5 Å². The van der Waals surface area contributed by atoms with E-state index in [0.29, 0.717) is 0 Å². The molecular weight excluding hydrogens is 172 g/mol. The minimum atomic E-state index is -0.578. The molecule has 0 aliphatic rings. The summed E-state index contributed by atoms with van der Waals surface area (Å²) in [6.45, 7) is 1.45. The van der Waals surface area contributed by atoms with E-state index in [4.69, 9.17) is 11.1 Å². The number of hydrogen-bond acceptors (Lipinski definition) is 4. The van der Waals surface area contributed by atoms with Crippen molar-refractivity contribution < 1.29 is 0 Å². The number of aromatic amines is 1. The maximum Gasteiger partial charge on any atom is 0.328 e. The fraction of sp³-hybridized carbons (Fsp3) is 0.286. The van der Waals surface area contributed by atoms with Gasteiger partial charge in [0.15, 0.2) is 0 Å². The highest BCUT2D eigenvalue weighted by Gasteiger charge is 2.09. The topological polar surface area (TPSA) is 105 Å². The molecule has 0 atom stereocenters. The largest absolute Gasteiger partial charge is 0.392 e. The molecule has 0 radical (unpaired) electrons. The molecule has 13 heavy (non-hydrogen) atoms. The molecule has 0 bridgehead atoms. The first kappa shape index (κ1) is 9.24. The normalized spacial score (nSPS) is 10.0. The van der Waals surface area contributed by atoms with Gasteiger partial charge in [-0.1, -0.05) is 0 Å². The lowest BCUT2D eigenvalue weighted by atomic mass is 10.2. The Morgan fingerprint density at radius 2 is 2.08 bits per heavy atom. The average molecular weight is 182 g/mol. The first-order valence-corrected chi connectivity index (χ1v) is 3.59. The van der Waals surface area contributed by atoms with Crippen molar-refractivity contribution in [3.63, 3.8) is 0 Å². The van der Waals surface area contributed by atoms with Gasteiger partial charge in [0.25, 0.3) is 5.56 Å². The van der Waals surface area contributed by atoms with Crippen LogP contribution >= 0.6 is 0 Å². The SMILES string of the molecule is CC(=N)c1[nH]c(=O)n(C)c(=O)c1N. The summed E-state index contributed by atoms with van der Waals surface area (Å²) >= 11 is 0. The molecule has 0 aromatic carbocycles. The number of hydrogen-bond donors (Lipinski definition) is 3. The molecule has 0 unspecified atom stereocenters. The maximum atomic E-state index is 11.2. The lowest BCUT2D eigenvalue weighted by Crippen LogP contribution is -2.36. The Bertz CT molecular complexity index is 468. The molecular formula is C7H10N4O2. The maximum absolute atomic E-state index is 11.2. The summed E-state index contributed by atoms with van der Waals surface area (Å²) in [7, 11) is 1.32. The fourth-order valence-corrected chi connectivity index (χ4v) is 0.934. The van der Waals surface area contributed by atoms with Gasteiger partial charge in [-0.25, -0.2) is 4.79 Å². The Morgan fingerprint density at radius 1 is 1.54 bits per heavy atom. The third-order valence-corrected chi connectivity index (χ3v) is 1.72. The van der Waals surface area contributed by atoms with E-state index in [1.165, 1.54) is 14.0 Å². The van der Waals surface area contributed by atoms with Crippen LogP contribution in [0.25, 0.3) is 0 Å². The van der Waals surface area contributed by atoms with Crippen molar-refractivity contribution >= 4 is 11.4 Å². The highest BCUT2D eigenvalue weighted by Crippen LogP contribution is 1.98. The molecule has 1 rings (SSSR count). The molecule has 0 spiro atoms. The van der Waals surface area contributed by atoms with E-state index in [2.05, 4.69) is 4.98 Å². The number of nitrogen functional groups attached to an aromatic ring is 1. The Balaban J connectivity index is 3.70. The number of nitrogens with one attached hydrogen (secondary N) is 2.